The van der Waals surface area contributed by atoms with Crippen LogP contribution in [0, 0.1) is 5.41 Å². The molecule has 0 heterocycles. The van der Waals surface area contributed by atoms with Crippen LogP contribution in [0.3, 0.4) is 0 Å². The minimum Gasteiger partial charge on any atom is -0.480 e. The first-order valence-corrected chi connectivity index (χ1v) is 8.23. The molecule has 0 bridgehead atoms. The molecule has 0 fully saturated rings. The third-order valence-electron chi connectivity index (χ3n) is 2.16. The highest BCUT2D eigenvalue weighted by molar-refractivity contribution is 8.13. The van der Waals surface area contributed by atoms with Crippen molar-refractivity contribution in [3.63, 3.8) is 0 Å². The predicted octanol–water partition coefficient (Wildman–Crippen LogP) is 2.70. The number of aliphatic carboxylic acids is 1. The van der Waals surface area contributed by atoms with Gasteiger partial charge >= 0.3 is 29.0 Å². The summed E-state index contributed by atoms with van der Waals surface area (Å²) in [4.78, 5) is 45.6. The van der Waals surface area contributed by atoms with E-state index in [1.54, 1.807) is 13.8 Å². The smallest absolute Gasteiger partial charge is 0.414 e. The maximum absolute atomic E-state index is 11.8. The molecule has 126 valence electrons. The molecule has 10 heteroatoms. The van der Waals surface area contributed by atoms with Crippen molar-refractivity contribution < 1.29 is 38.5 Å². The number of carboxylic acids is 1. The molecule has 0 aliphatic heterocycles. The predicted molar refractivity (Wildman–Crippen MR) is 80.5 cm³/mol. The van der Waals surface area contributed by atoms with Gasteiger partial charge in [-0.2, -0.15) is 0 Å². The molecular formula is C12H18O8S2. The van der Waals surface area contributed by atoms with Gasteiger partial charge in [-0.1, -0.05) is 13.8 Å². The second-order valence-electron chi connectivity index (χ2n) is 4.23. The average molecular weight is 354 g/mol. The first-order valence-electron chi connectivity index (χ1n) is 6.26. The van der Waals surface area contributed by atoms with Gasteiger partial charge < -0.3 is 19.3 Å². The summed E-state index contributed by atoms with van der Waals surface area (Å²) >= 11 is 1.55. The van der Waals surface area contributed by atoms with Gasteiger partial charge in [-0.05, 0) is 37.4 Å². The molecule has 0 radical (unpaired) electrons. The fraction of sp³-hybridized carbons (Fsp3) is 0.667. The van der Waals surface area contributed by atoms with Gasteiger partial charge in [-0.25, -0.2) is 9.59 Å². The molecule has 1 N–H and O–H groups in total. The lowest BCUT2D eigenvalue weighted by Crippen LogP contribution is -2.39. The van der Waals surface area contributed by atoms with Gasteiger partial charge in [0.2, 0.25) is 0 Å². The van der Waals surface area contributed by atoms with Crippen molar-refractivity contribution >= 4 is 46.1 Å². The summed E-state index contributed by atoms with van der Waals surface area (Å²) in [5, 5.41) is 7.30. The van der Waals surface area contributed by atoms with E-state index in [1.807, 2.05) is 0 Å². The van der Waals surface area contributed by atoms with Crippen LogP contribution in [0.5, 0.6) is 0 Å². The molecule has 8 nitrogen and oxygen atoms in total. The van der Waals surface area contributed by atoms with Gasteiger partial charge in [0, 0.05) is 11.5 Å². The molecular weight excluding hydrogens is 336 g/mol. The third-order valence-corrected chi connectivity index (χ3v) is 3.40. The molecule has 0 rings (SSSR count). The number of carbonyl (C=O) groups excluding carboxylic acids is 3. The molecule has 22 heavy (non-hydrogen) atoms. The summed E-state index contributed by atoms with van der Waals surface area (Å²) in [6.45, 7) is 3.68. The Balaban J connectivity index is 4.91. The van der Waals surface area contributed by atoms with Crippen molar-refractivity contribution in [3.8, 4) is 0 Å². The Labute approximate surface area is 136 Å². The average Bonchev–Trinajstić information content (AvgIpc) is 2.38. The fourth-order valence-electron chi connectivity index (χ4n) is 0.855. The van der Waals surface area contributed by atoms with E-state index in [1.165, 1.54) is 0 Å². The zero-order chi connectivity index (χ0) is 17.3. The van der Waals surface area contributed by atoms with Crippen LogP contribution in [0.15, 0.2) is 0 Å². The van der Waals surface area contributed by atoms with E-state index < -0.39 is 34.4 Å². The Bertz CT molecular complexity index is 415. The number of hydrogen-bond donors (Lipinski definition) is 1. The van der Waals surface area contributed by atoms with E-state index in [0.717, 1.165) is 37.4 Å². The summed E-state index contributed by atoms with van der Waals surface area (Å²) in [5.74, 6) is -1.83. The topological polar surface area (TPSA) is 116 Å². The van der Waals surface area contributed by atoms with Gasteiger partial charge in [-0.15, -0.1) is 0 Å². The van der Waals surface area contributed by atoms with Crippen molar-refractivity contribution in [1.82, 2.24) is 0 Å². The van der Waals surface area contributed by atoms with Gasteiger partial charge in [0.25, 0.3) is 0 Å². The number of esters is 1. The highest BCUT2D eigenvalue weighted by Crippen LogP contribution is 2.21. The monoisotopic (exact) mass is 354 g/mol. The van der Waals surface area contributed by atoms with Gasteiger partial charge in [0.15, 0.2) is 5.41 Å². The number of carboxylic acid groups (broad SMARTS) is 1. The molecule has 0 aromatic heterocycles. The van der Waals surface area contributed by atoms with Crippen LogP contribution in [-0.2, 0) is 23.8 Å². The summed E-state index contributed by atoms with van der Waals surface area (Å²) in [7, 11) is 0. The van der Waals surface area contributed by atoms with E-state index in [9.17, 15) is 19.2 Å². The first kappa shape index (κ1) is 20.6. The second-order valence-corrected chi connectivity index (χ2v) is 6.62. The maximum atomic E-state index is 11.8. The normalized spacial score (nSPS) is 11.0. The van der Waals surface area contributed by atoms with Gasteiger partial charge in [0.1, 0.15) is 0 Å². The van der Waals surface area contributed by atoms with E-state index in [2.05, 4.69) is 14.2 Å². The zero-order valence-corrected chi connectivity index (χ0v) is 14.2. The lowest BCUT2D eigenvalue weighted by Gasteiger charge is -2.22. The number of rotatable bonds is 7. The van der Waals surface area contributed by atoms with Crippen LogP contribution in [0.4, 0.5) is 9.59 Å². The SMILES string of the molecule is CCSC(=O)OC(OC(=O)SCC)OC(=O)C(C)(C)C(=O)O. The van der Waals surface area contributed by atoms with Crippen molar-refractivity contribution in [2.45, 2.75) is 34.2 Å². The maximum Gasteiger partial charge on any atom is 0.414 e. The molecule has 0 aromatic rings. The van der Waals surface area contributed by atoms with Crippen molar-refractivity contribution in [2.75, 3.05) is 11.5 Å². The van der Waals surface area contributed by atoms with Crippen molar-refractivity contribution in [1.29, 1.82) is 0 Å². The number of carbonyl (C=O) groups is 4. The molecule has 0 amide bonds. The fourth-order valence-corrected chi connectivity index (χ4v) is 1.62. The van der Waals surface area contributed by atoms with Crippen LogP contribution in [0.25, 0.3) is 0 Å². The molecule has 0 atom stereocenters. The summed E-state index contributed by atoms with van der Waals surface area (Å²) in [5.41, 5.74) is -1.88. The quantitative estimate of drug-likeness (QED) is 0.415. The number of hydrogen-bond acceptors (Lipinski definition) is 9. The van der Waals surface area contributed by atoms with E-state index in [0.29, 0.717) is 11.5 Å². The van der Waals surface area contributed by atoms with Crippen LogP contribution >= 0.6 is 23.5 Å². The first-order chi connectivity index (χ1) is 10.1. The Morgan fingerprint density at radius 1 is 0.955 bits per heavy atom. The van der Waals surface area contributed by atoms with Gasteiger partial charge in [-0.3, -0.25) is 9.59 Å². The van der Waals surface area contributed by atoms with E-state index in [-0.39, 0.29) is 0 Å². The minimum atomic E-state index is -1.93. The van der Waals surface area contributed by atoms with Crippen LogP contribution in [0.1, 0.15) is 27.7 Å². The van der Waals surface area contributed by atoms with Crippen LogP contribution < -0.4 is 0 Å². The Morgan fingerprint density at radius 2 is 1.36 bits per heavy atom. The second kappa shape index (κ2) is 9.57. The molecule has 0 spiro atoms. The Hall–Kier alpha value is -1.42. The zero-order valence-electron chi connectivity index (χ0n) is 12.6. The standard InChI is InChI=1S/C12H18O8S2/c1-5-21-9(16)19-11(20-10(17)22-6-2)18-8(15)12(3,4)7(13)14/h11H,5-6H2,1-4H3,(H,13,14). The highest BCUT2D eigenvalue weighted by atomic mass is 32.2. The summed E-state index contributed by atoms with van der Waals surface area (Å²) < 4.78 is 14.0. The summed E-state index contributed by atoms with van der Waals surface area (Å²) in [6, 6.07) is 0. The molecule has 0 saturated carbocycles. The molecule has 0 unspecified atom stereocenters. The molecule has 0 aliphatic rings. The lowest BCUT2D eigenvalue weighted by atomic mass is 9.94. The Morgan fingerprint density at radius 3 is 1.68 bits per heavy atom. The van der Waals surface area contributed by atoms with E-state index >= 15 is 0 Å². The lowest BCUT2D eigenvalue weighted by molar-refractivity contribution is -0.228. The number of thioether (sulfide) groups is 2. The van der Waals surface area contributed by atoms with E-state index in [4.69, 9.17) is 5.11 Å². The largest absolute Gasteiger partial charge is 0.480 e. The molecule has 0 aliphatic carbocycles. The van der Waals surface area contributed by atoms with Crippen LogP contribution in [-0.4, -0.2) is 45.6 Å². The number of ether oxygens (including phenoxy) is 3. The summed E-state index contributed by atoms with van der Waals surface area (Å²) in [6.07, 6.45) is 0. The highest BCUT2D eigenvalue weighted by Gasteiger charge is 2.40. The Kier molecular flexibility index (Phi) is 8.95. The van der Waals surface area contributed by atoms with Gasteiger partial charge in [0.05, 0.1) is 0 Å². The molecule has 0 saturated heterocycles. The van der Waals surface area contributed by atoms with Crippen LogP contribution in [0.2, 0.25) is 0 Å². The molecule has 0 aromatic carbocycles. The third kappa shape index (κ3) is 7.03. The van der Waals surface area contributed by atoms with Crippen molar-refractivity contribution in [3.05, 3.63) is 0 Å². The minimum absolute atomic E-state index is 0.401. The van der Waals surface area contributed by atoms with Crippen molar-refractivity contribution in [2.24, 2.45) is 5.41 Å².